The molecule has 0 bridgehead atoms. The molecule has 0 radical (unpaired) electrons. The van der Waals surface area contributed by atoms with Crippen LogP contribution < -0.4 is 0 Å². The molecule has 1 N–H and O–H groups in total. The summed E-state index contributed by atoms with van der Waals surface area (Å²) in [6.45, 7) is 2.18. The Kier molecular flexibility index (Phi) is 11.1. The van der Waals surface area contributed by atoms with Crippen molar-refractivity contribution in [2.45, 2.75) is 64.4 Å². The third-order valence-corrected chi connectivity index (χ3v) is 3.91. The predicted octanol–water partition coefficient (Wildman–Crippen LogP) is 5.05. The first-order valence-corrected chi connectivity index (χ1v) is 9.14. The second-order valence-corrected chi connectivity index (χ2v) is 6.07. The largest absolute Gasteiger partial charge is 0.469 e. The molecule has 1 aromatic carbocycles. The quantitative estimate of drug-likeness (QED) is 0.368. The van der Waals surface area contributed by atoms with Crippen molar-refractivity contribution in [2.75, 3.05) is 7.11 Å². The van der Waals surface area contributed by atoms with E-state index in [4.69, 9.17) is 0 Å². The molecule has 3 nitrogen and oxygen atoms in total. The van der Waals surface area contributed by atoms with Gasteiger partial charge in [0.2, 0.25) is 0 Å². The molecule has 0 fully saturated rings. The third-order valence-electron chi connectivity index (χ3n) is 3.91. The number of aliphatic hydroxyl groups excluding tert-OH is 1. The Bertz CT molecular complexity index is 593. The lowest BCUT2D eigenvalue weighted by molar-refractivity contribution is -0.140. The number of ether oxygens (including phenoxy) is 1. The number of benzene rings is 1. The van der Waals surface area contributed by atoms with Gasteiger partial charge in [-0.05, 0) is 36.5 Å². The molecule has 0 amide bonds. The van der Waals surface area contributed by atoms with E-state index < -0.39 is 6.10 Å². The van der Waals surface area contributed by atoms with Crippen molar-refractivity contribution in [3.63, 3.8) is 0 Å². The SMILES string of the molecule is CCCCCC#CCC(O)c1cccc(/C=C\CCCC(=O)OC)c1. The number of esters is 1. The van der Waals surface area contributed by atoms with Gasteiger partial charge < -0.3 is 9.84 Å². The van der Waals surface area contributed by atoms with Gasteiger partial charge in [0.05, 0.1) is 13.2 Å². The molecule has 0 aliphatic carbocycles. The van der Waals surface area contributed by atoms with Crippen molar-refractivity contribution >= 4 is 12.0 Å². The Balaban J connectivity index is 2.43. The minimum absolute atomic E-state index is 0.172. The summed E-state index contributed by atoms with van der Waals surface area (Å²) in [5, 5.41) is 10.3. The van der Waals surface area contributed by atoms with Crippen molar-refractivity contribution < 1.29 is 14.6 Å². The normalized spacial score (nSPS) is 11.8. The van der Waals surface area contributed by atoms with Crippen LogP contribution in [0.25, 0.3) is 6.08 Å². The maximum absolute atomic E-state index is 11.0. The van der Waals surface area contributed by atoms with E-state index in [0.717, 1.165) is 36.8 Å². The van der Waals surface area contributed by atoms with E-state index in [2.05, 4.69) is 23.5 Å². The van der Waals surface area contributed by atoms with Crippen LogP contribution in [-0.4, -0.2) is 18.2 Å². The van der Waals surface area contributed by atoms with E-state index in [9.17, 15) is 9.90 Å². The summed E-state index contributed by atoms with van der Waals surface area (Å²) < 4.78 is 4.61. The molecule has 0 aromatic heterocycles. The summed E-state index contributed by atoms with van der Waals surface area (Å²) in [7, 11) is 1.41. The number of hydrogen-bond donors (Lipinski definition) is 1. The Morgan fingerprint density at radius 3 is 2.88 bits per heavy atom. The van der Waals surface area contributed by atoms with Crippen molar-refractivity contribution in [2.24, 2.45) is 0 Å². The average Bonchev–Trinajstić information content (AvgIpc) is 2.64. The fourth-order valence-electron chi connectivity index (χ4n) is 2.39. The fourth-order valence-corrected chi connectivity index (χ4v) is 2.39. The van der Waals surface area contributed by atoms with E-state index in [1.807, 2.05) is 36.4 Å². The van der Waals surface area contributed by atoms with Gasteiger partial charge in [0.25, 0.3) is 0 Å². The van der Waals surface area contributed by atoms with Gasteiger partial charge in [0.1, 0.15) is 0 Å². The number of methoxy groups -OCH3 is 1. The zero-order valence-corrected chi connectivity index (χ0v) is 15.5. The highest BCUT2D eigenvalue weighted by Gasteiger charge is 2.05. The van der Waals surface area contributed by atoms with Crippen LogP contribution in [0.4, 0.5) is 0 Å². The van der Waals surface area contributed by atoms with Gasteiger partial charge in [-0.2, -0.15) is 0 Å². The van der Waals surface area contributed by atoms with E-state index in [1.165, 1.54) is 20.0 Å². The fraction of sp³-hybridized carbons (Fsp3) is 0.500. The summed E-state index contributed by atoms with van der Waals surface area (Å²) in [5.74, 6) is 6.04. The van der Waals surface area contributed by atoms with Gasteiger partial charge in [-0.15, -0.1) is 11.8 Å². The molecule has 1 unspecified atom stereocenters. The first-order chi connectivity index (χ1) is 12.2. The zero-order chi connectivity index (χ0) is 18.3. The Hall–Kier alpha value is -2.05. The summed E-state index contributed by atoms with van der Waals surface area (Å²) in [6.07, 6.45) is 10.5. The summed E-state index contributed by atoms with van der Waals surface area (Å²) >= 11 is 0. The van der Waals surface area contributed by atoms with E-state index >= 15 is 0 Å². The van der Waals surface area contributed by atoms with Crippen LogP contribution in [0.2, 0.25) is 0 Å². The van der Waals surface area contributed by atoms with Crippen LogP contribution >= 0.6 is 0 Å². The van der Waals surface area contributed by atoms with Crippen LogP contribution in [-0.2, 0) is 9.53 Å². The number of rotatable bonds is 10. The summed E-state index contributed by atoms with van der Waals surface area (Å²) in [5.41, 5.74) is 1.94. The molecule has 1 atom stereocenters. The van der Waals surface area contributed by atoms with Gasteiger partial charge in [0, 0.05) is 19.3 Å². The second kappa shape index (κ2) is 13.3. The molecule has 0 spiro atoms. The predicted molar refractivity (Wildman–Crippen MR) is 103 cm³/mol. The standard InChI is InChI=1S/C22H30O3/c1-3-4-5-6-7-10-16-21(23)20-15-12-14-19(18-20)13-9-8-11-17-22(24)25-2/h9,12-15,18,21,23H,3-6,8,11,16-17H2,1-2H3/b13-9-. The number of unbranched alkanes of at least 4 members (excludes halogenated alkanes) is 4. The molecule has 0 saturated carbocycles. The lowest BCUT2D eigenvalue weighted by atomic mass is 10.0. The molecule has 3 heteroatoms. The number of carbonyl (C=O) groups excluding carboxylic acids is 1. The topological polar surface area (TPSA) is 46.5 Å². The van der Waals surface area contributed by atoms with Crippen molar-refractivity contribution in [1.29, 1.82) is 0 Å². The Morgan fingerprint density at radius 2 is 2.12 bits per heavy atom. The highest BCUT2D eigenvalue weighted by molar-refractivity contribution is 5.69. The number of allylic oxidation sites excluding steroid dienone is 1. The maximum Gasteiger partial charge on any atom is 0.305 e. The molecule has 136 valence electrons. The first-order valence-electron chi connectivity index (χ1n) is 9.14. The van der Waals surface area contributed by atoms with Crippen molar-refractivity contribution in [3.05, 3.63) is 41.5 Å². The molecule has 0 saturated heterocycles. The first kappa shape index (κ1) is 21.0. The third kappa shape index (κ3) is 9.74. The van der Waals surface area contributed by atoms with Crippen molar-refractivity contribution in [1.82, 2.24) is 0 Å². The molecule has 25 heavy (non-hydrogen) atoms. The summed E-state index contributed by atoms with van der Waals surface area (Å²) in [6, 6.07) is 7.86. The molecule has 0 heterocycles. The zero-order valence-electron chi connectivity index (χ0n) is 15.5. The average molecular weight is 342 g/mol. The van der Waals surface area contributed by atoms with Crippen LogP contribution in [0.5, 0.6) is 0 Å². The van der Waals surface area contributed by atoms with Gasteiger partial charge in [-0.1, -0.05) is 50.1 Å². The highest BCUT2D eigenvalue weighted by atomic mass is 16.5. The monoisotopic (exact) mass is 342 g/mol. The van der Waals surface area contributed by atoms with Gasteiger partial charge >= 0.3 is 5.97 Å². The van der Waals surface area contributed by atoms with Crippen LogP contribution in [0.15, 0.2) is 30.3 Å². The number of hydrogen-bond acceptors (Lipinski definition) is 3. The molecule has 0 aliphatic rings. The van der Waals surface area contributed by atoms with E-state index in [0.29, 0.717) is 12.8 Å². The minimum Gasteiger partial charge on any atom is -0.469 e. The maximum atomic E-state index is 11.0. The summed E-state index contributed by atoms with van der Waals surface area (Å²) in [4.78, 5) is 11.0. The smallest absolute Gasteiger partial charge is 0.305 e. The number of aliphatic hydroxyl groups is 1. The van der Waals surface area contributed by atoms with E-state index in [1.54, 1.807) is 0 Å². The van der Waals surface area contributed by atoms with Gasteiger partial charge in [-0.25, -0.2) is 0 Å². The highest BCUT2D eigenvalue weighted by Crippen LogP contribution is 2.18. The molecular weight excluding hydrogens is 312 g/mol. The van der Waals surface area contributed by atoms with Crippen LogP contribution in [0.3, 0.4) is 0 Å². The lowest BCUT2D eigenvalue weighted by Crippen LogP contribution is -1.98. The Labute approximate surface area is 152 Å². The molecular formula is C22H30O3. The second-order valence-electron chi connectivity index (χ2n) is 6.07. The van der Waals surface area contributed by atoms with E-state index in [-0.39, 0.29) is 5.97 Å². The van der Waals surface area contributed by atoms with Crippen LogP contribution in [0.1, 0.15) is 75.5 Å². The minimum atomic E-state index is -0.550. The van der Waals surface area contributed by atoms with Crippen LogP contribution in [0, 0.1) is 11.8 Å². The molecule has 0 aliphatic heterocycles. The lowest BCUT2D eigenvalue weighted by Gasteiger charge is -2.08. The van der Waals surface area contributed by atoms with Crippen molar-refractivity contribution in [3.8, 4) is 11.8 Å². The Morgan fingerprint density at radius 1 is 1.28 bits per heavy atom. The van der Waals surface area contributed by atoms with Gasteiger partial charge in [0.15, 0.2) is 0 Å². The van der Waals surface area contributed by atoms with Gasteiger partial charge in [-0.3, -0.25) is 4.79 Å². The molecule has 1 aromatic rings. The number of carbonyl (C=O) groups is 1. The molecule has 1 rings (SSSR count).